The van der Waals surface area contributed by atoms with E-state index in [2.05, 4.69) is 124 Å². The number of rotatable bonds is 1. The Bertz CT molecular complexity index is 2920. The second-order valence-corrected chi connectivity index (χ2v) is 41.9. The summed E-state index contributed by atoms with van der Waals surface area (Å²) in [5.74, 6) is 11.6. The summed E-state index contributed by atoms with van der Waals surface area (Å²) in [6, 6.07) is 0. The highest BCUT2D eigenvalue weighted by atomic mass is 16.7. The maximum Gasteiger partial charge on any atom is 0.171 e. The molecule has 4 aliphatic heterocycles. The normalized spacial score (nSPS) is 59.6. The van der Waals surface area contributed by atoms with Crippen LogP contribution in [0.4, 0.5) is 0 Å². The summed E-state index contributed by atoms with van der Waals surface area (Å²) in [6.45, 7) is 43.6. The van der Waals surface area contributed by atoms with Crippen LogP contribution in [0.3, 0.4) is 0 Å². The molecule has 12 saturated carbocycles. The summed E-state index contributed by atoms with van der Waals surface area (Å²) in [6.07, 6.45) is 34.2. The van der Waals surface area contributed by atoms with Crippen LogP contribution in [0.2, 0.25) is 0 Å². The average Bonchev–Trinajstić information content (AvgIpc) is 1.61. The van der Waals surface area contributed by atoms with Gasteiger partial charge in [-0.3, -0.25) is 4.79 Å². The number of fused-ring (bicyclic) bond motifs is 21. The van der Waals surface area contributed by atoms with Crippen molar-refractivity contribution < 1.29 is 44.2 Å². The average molecular weight is 1320 g/mol. The molecule has 0 bridgehead atoms. The Hall–Kier alpha value is -0.910. The molecular formula is C86H140O9. The Morgan fingerprint density at radius 1 is 0.474 bits per heavy atom. The van der Waals surface area contributed by atoms with E-state index in [0.29, 0.717) is 111 Å². The Balaban J connectivity index is 0.000000117. The second kappa shape index (κ2) is 23.3. The van der Waals surface area contributed by atoms with Gasteiger partial charge in [0.05, 0.1) is 43.7 Å². The Kier molecular flexibility index (Phi) is 17.1. The molecule has 4 N–H and O–H groups in total. The van der Waals surface area contributed by atoms with Crippen molar-refractivity contribution in [3.63, 3.8) is 0 Å². The maximum atomic E-state index is 14.2. The quantitative estimate of drug-likeness (QED) is 0.189. The van der Waals surface area contributed by atoms with Crippen molar-refractivity contribution in [3.8, 4) is 0 Å². The van der Waals surface area contributed by atoms with Gasteiger partial charge in [0, 0.05) is 49.0 Å². The molecule has 3 unspecified atom stereocenters. The van der Waals surface area contributed by atoms with Crippen LogP contribution in [0, 0.1) is 167 Å². The fraction of sp³-hybridized carbons (Fsp3) is 0.965. The van der Waals surface area contributed by atoms with E-state index in [1.165, 1.54) is 109 Å². The van der Waals surface area contributed by atoms with Crippen molar-refractivity contribution in [3.05, 3.63) is 11.6 Å². The van der Waals surface area contributed by atoms with Gasteiger partial charge in [0.2, 0.25) is 0 Å². The zero-order valence-corrected chi connectivity index (χ0v) is 63.5. The summed E-state index contributed by atoms with van der Waals surface area (Å²) < 4.78 is 26.6. The number of allylic oxidation sites excluding steroid dienone is 1. The zero-order chi connectivity index (χ0) is 67.8. The lowest BCUT2D eigenvalue weighted by molar-refractivity contribution is -0.273. The predicted molar refractivity (Wildman–Crippen MR) is 377 cm³/mol. The molecule has 16 fully saturated rings. The van der Waals surface area contributed by atoms with Gasteiger partial charge in [-0.25, -0.2) is 0 Å². The first-order chi connectivity index (χ1) is 44.6. The van der Waals surface area contributed by atoms with Crippen molar-refractivity contribution in [1.29, 1.82) is 0 Å². The highest BCUT2D eigenvalue weighted by Crippen LogP contribution is 2.79. The number of ketones is 1. The Labute approximate surface area is 578 Å². The number of carbonyl (C=O) groups excluding carboxylic acids is 1. The van der Waals surface area contributed by atoms with Crippen LogP contribution in [-0.4, -0.2) is 88.1 Å². The number of Topliss-reactive ketones (excluding diaryl/α,β-unsaturated/α-hetero) is 1. The Morgan fingerprint density at radius 2 is 1.06 bits per heavy atom. The Morgan fingerprint density at radius 3 is 1.69 bits per heavy atom. The fourth-order valence-electron chi connectivity index (χ4n) is 32.2. The molecule has 17 rings (SSSR count). The molecular weight excluding hydrogens is 1180 g/mol. The van der Waals surface area contributed by atoms with E-state index in [4.69, 9.17) is 18.9 Å². The third-order valence-corrected chi connectivity index (χ3v) is 38.1. The van der Waals surface area contributed by atoms with Gasteiger partial charge in [-0.15, -0.1) is 0 Å². The first-order valence-electron chi connectivity index (χ1n) is 41.1. The molecule has 9 heteroatoms. The van der Waals surface area contributed by atoms with Crippen molar-refractivity contribution in [1.82, 2.24) is 0 Å². The number of carbonyl (C=O) groups is 1. The fourth-order valence-corrected chi connectivity index (χ4v) is 32.2. The minimum Gasteiger partial charge on any atom is -0.396 e. The molecule has 34 atom stereocenters. The van der Waals surface area contributed by atoms with E-state index in [1.54, 1.807) is 5.57 Å². The summed E-state index contributed by atoms with van der Waals surface area (Å²) in [5, 5.41) is 42.7. The zero-order valence-electron chi connectivity index (χ0n) is 63.5. The first kappa shape index (κ1) is 69.8. The minimum atomic E-state index is -0.458. The largest absolute Gasteiger partial charge is 0.396 e. The van der Waals surface area contributed by atoms with Crippen molar-refractivity contribution >= 4 is 5.78 Å². The topological polar surface area (TPSA) is 135 Å². The summed E-state index contributed by atoms with van der Waals surface area (Å²) in [5.41, 5.74) is 3.51. The lowest BCUT2D eigenvalue weighted by Crippen LogP contribution is -2.67. The molecule has 4 saturated heterocycles. The molecule has 95 heavy (non-hydrogen) atoms. The molecule has 4 heterocycles. The number of aliphatic hydroxyl groups is 4. The first-order valence-corrected chi connectivity index (χ1v) is 41.1. The van der Waals surface area contributed by atoms with E-state index in [-0.39, 0.29) is 63.2 Å². The van der Waals surface area contributed by atoms with Crippen LogP contribution in [-0.2, 0) is 23.7 Å². The monoisotopic (exact) mass is 1320 g/mol. The van der Waals surface area contributed by atoms with Crippen molar-refractivity contribution in [2.45, 2.75) is 333 Å². The SMILES string of the molecule is C[C@@H]1CCC2(OC1)O[C@H]1C[C@H]3[C@@H]4CC=C5C[C@@H](O)CC[C@]5(C)[C@H]4CC[C@]3(C)[C@H]1[C@@H]2C.C[C@@H]1CCC2(OC1)O[C@H]1C[C@H]3[C@@H]4CC[C@H]5C(C)(C)[C@@H](O)CC[C@]5(C)[C@H]4CC(=O)[C@]3(C)[C@H]1[C@@H]2C.C[C@H]1[C@H](C)CC[C@]2(CO)CC[C@]3(C)C(CC[C@@H]4[C@@]5(C)CC[C@H](O)C(C)(C)[C@@H]5CC[C@]43C)[C@H]12. The van der Waals surface area contributed by atoms with E-state index >= 15 is 0 Å². The number of hydrogen-bond acceptors (Lipinski definition) is 9. The van der Waals surface area contributed by atoms with Crippen LogP contribution in [0.1, 0.15) is 291 Å². The highest BCUT2D eigenvalue weighted by Gasteiger charge is 2.75. The molecule has 0 aromatic heterocycles. The van der Waals surface area contributed by atoms with Crippen LogP contribution in [0.25, 0.3) is 0 Å². The van der Waals surface area contributed by atoms with Gasteiger partial charge in [0.15, 0.2) is 11.6 Å². The van der Waals surface area contributed by atoms with Crippen LogP contribution < -0.4 is 0 Å². The van der Waals surface area contributed by atoms with Crippen molar-refractivity contribution in [2.24, 2.45) is 167 Å². The molecule has 13 aliphatic carbocycles. The van der Waals surface area contributed by atoms with E-state index in [0.717, 1.165) is 119 Å². The molecule has 0 amide bonds. The van der Waals surface area contributed by atoms with E-state index in [9.17, 15) is 25.2 Å². The summed E-state index contributed by atoms with van der Waals surface area (Å²) in [4.78, 5) is 14.2. The number of aliphatic hydroxyl groups excluding tert-OH is 4. The van der Waals surface area contributed by atoms with Gasteiger partial charge in [-0.1, -0.05) is 129 Å². The molecule has 0 aromatic carbocycles. The van der Waals surface area contributed by atoms with Gasteiger partial charge in [-0.2, -0.15) is 0 Å². The predicted octanol–water partition coefficient (Wildman–Crippen LogP) is 18.4. The third-order valence-electron chi connectivity index (χ3n) is 38.1. The van der Waals surface area contributed by atoms with Crippen LogP contribution in [0.15, 0.2) is 11.6 Å². The molecule has 9 nitrogen and oxygen atoms in total. The van der Waals surface area contributed by atoms with Gasteiger partial charge < -0.3 is 39.4 Å². The molecule has 17 aliphatic rings. The van der Waals surface area contributed by atoms with Crippen LogP contribution in [0.5, 0.6) is 0 Å². The van der Waals surface area contributed by atoms with Gasteiger partial charge >= 0.3 is 0 Å². The highest BCUT2D eigenvalue weighted by molar-refractivity contribution is 5.87. The molecule has 2 spiro atoms. The number of hydrogen-bond donors (Lipinski definition) is 4. The molecule has 538 valence electrons. The lowest BCUT2D eigenvalue weighted by atomic mass is 9.31. The van der Waals surface area contributed by atoms with Gasteiger partial charge in [0.25, 0.3) is 0 Å². The lowest BCUT2D eigenvalue weighted by Gasteiger charge is -2.74. The maximum absolute atomic E-state index is 14.2. The van der Waals surface area contributed by atoms with Crippen molar-refractivity contribution in [2.75, 3.05) is 19.8 Å². The molecule has 0 aromatic rings. The standard InChI is InChI=1S/C30H52O2.C29H46O4.C27H42O3/c1-19-10-15-30(18-31)17-16-28(6)21(25(30)20(19)2)8-9-23-27(5)13-12-24(32)26(3,4)22(27)11-14-29(23,28)7;1-16-9-12-29(32-15-16)17(2)25-21(33-29)13-20-18-7-8-22-26(3,4)23(30)10-11-27(22,5)19(18)14-24(31)28(20,25)6;1-16-7-12-27(29-15-16)17(2)24-23(30-27)14-22-20-6-5-18-13-19(28)8-10-25(18,3)21(20)9-11-26(22,24)4/h19-25,31-32H,8-18H2,1-7H3;16-23,25,30H,7-15H2,1-6H3;5,16-17,19-24,28H,6-15H2,1-4H3/t19-,20+,21?,22+,23-,24+,25+,27+,28-,29-,30-;16-,17+,18-,19+,20+,21+,22+,23+,25+,27-,28-,29?;16-,17+,19+,20-,21+,22+,23+,24+,25+,26+,27?/m111/s1. The number of ether oxygens (including phenoxy) is 4. The van der Waals surface area contributed by atoms with E-state index in [1.807, 2.05) is 0 Å². The molecule has 0 radical (unpaired) electrons. The third kappa shape index (κ3) is 9.64. The van der Waals surface area contributed by atoms with Gasteiger partial charge in [-0.05, 0) is 298 Å². The van der Waals surface area contributed by atoms with E-state index < -0.39 is 5.79 Å². The summed E-state index contributed by atoms with van der Waals surface area (Å²) >= 11 is 0. The summed E-state index contributed by atoms with van der Waals surface area (Å²) in [7, 11) is 0. The van der Waals surface area contributed by atoms with Gasteiger partial charge in [0.1, 0.15) is 5.78 Å². The smallest absolute Gasteiger partial charge is 0.171 e. The second-order valence-electron chi connectivity index (χ2n) is 41.9. The minimum absolute atomic E-state index is 0.0397. The van der Waals surface area contributed by atoms with Crippen LogP contribution >= 0.6 is 0 Å².